The van der Waals surface area contributed by atoms with Crippen LogP contribution in [-0.4, -0.2) is 73.1 Å². The van der Waals surface area contributed by atoms with Gasteiger partial charge in [0, 0.05) is 13.1 Å². The van der Waals surface area contributed by atoms with Crippen LogP contribution in [0.25, 0.3) is 11.4 Å². The lowest BCUT2D eigenvalue weighted by molar-refractivity contribution is -0.134. The molecule has 2 fully saturated rings. The molecule has 2 saturated heterocycles. The molecule has 0 aliphatic carbocycles. The van der Waals surface area contributed by atoms with Crippen LogP contribution in [0.2, 0.25) is 0 Å². The third kappa shape index (κ3) is 4.86. The van der Waals surface area contributed by atoms with Crippen LogP contribution >= 0.6 is 0 Å². The number of ether oxygens (including phenoxy) is 1. The fourth-order valence-electron chi connectivity index (χ4n) is 5.16. The Balaban J connectivity index is 1.35. The minimum Gasteiger partial charge on any atom is -0.465 e. The zero-order valence-electron chi connectivity index (χ0n) is 20.4. The minimum absolute atomic E-state index is 0.240. The van der Waals surface area contributed by atoms with Crippen molar-refractivity contribution in [3.63, 3.8) is 0 Å². The van der Waals surface area contributed by atoms with Gasteiger partial charge in [0.2, 0.25) is 0 Å². The fraction of sp³-hybridized carbons (Fsp3) is 0.400. The lowest BCUT2D eigenvalue weighted by Crippen LogP contribution is -2.42. The Labute approximate surface area is 213 Å². The van der Waals surface area contributed by atoms with Crippen LogP contribution in [0.3, 0.4) is 0 Å². The number of methoxy groups -OCH3 is 1. The first-order chi connectivity index (χ1) is 18.0. The average Bonchev–Trinajstić information content (AvgIpc) is 3.72. The molecule has 194 valence electrons. The second-order valence-electron chi connectivity index (χ2n) is 9.17. The minimum atomic E-state index is -0.953. The van der Waals surface area contributed by atoms with Crippen molar-refractivity contribution in [2.45, 2.75) is 43.8 Å². The van der Waals surface area contributed by atoms with E-state index >= 15 is 0 Å². The van der Waals surface area contributed by atoms with E-state index in [0.29, 0.717) is 41.7 Å². The summed E-state index contributed by atoms with van der Waals surface area (Å²) in [6.45, 7) is 1.03. The summed E-state index contributed by atoms with van der Waals surface area (Å²) in [4.78, 5) is 55.8. The van der Waals surface area contributed by atoms with Crippen LogP contribution in [0, 0.1) is 0 Å². The summed E-state index contributed by atoms with van der Waals surface area (Å²) >= 11 is 0. The molecular formula is C25H29N7O5. The van der Waals surface area contributed by atoms with Gasteiger partial charge >= 0.3 is 12.2 Å². The van der Waals surface area contributed by atoms with Gasteiger partial charge in [0.25, 0.3) is 5.91 Å². The molecule has 0 spiro atoms. The first kappa shape index (κ1) is 24.3. The van der Waals surface area contributed by atoms with Gasteiger partial charge < -0.3 is 30.0 Å². The topological polar surface area (TPSA) is 157 Å². The van der Waals surface area contributed by atoms with Crippen LogP contribution in [0.4, 0.5) is 9.59 Å². The number of carbonyl (C=O) groups is 3. The predicted octanol–water partition coefficient (Wildman–Crippen LogP) is 3.38. The van der Waals surface area contributed by atoms with Crippen LogP contribution < -0.4 is 5.32 Å². The predicted molar refractivity (Wildman–Crippen MR) is 131 cm³/mol. The maximum atomic E-state index is 13.6. The van der Waals surface area contributed by atoms with Crippen molar-refractivity contribution in [3.8, 4) is 11.4 Å². The Hall–Kier alpha value is -4.35. The van der Waals surface area contributed by atoms with E-state index in [-0.39, 0.29) is 18.0 Å². The summed E-state index contributed by atoms with van der Waals surface area (Å²) < 4.78 is 4.75. The molecule has 2 aromatic heterocycles. The molecule has 3 amide bonds. The molecule has 5 rings (SSSR count). The molecule has 0 bridgehead atoms. The summed E-state index contributed by atoms with van der Waals surface area (Å²) in [6, 6.07) is 7.59. The number of nitrogens with one attached hydrogen (secondary N) is 3. The molecular weight excluding hydrogens is 478 g/mol. The number of hydrogen-bond donors (Lipinski definition) is 4. The summed E-state index contributed by atoms with van der Waals surface area (Å²) in [7, 11) is 1.26. The van der Waals surface area contributed by atoms with Gasteiger partial charge in [-0.2, -0.15) is 0 Å². The van der Waals surface area contributed by atoms with Gasteiger partial charge in [-0.05, 0) is 31.2 Å². The van der Waals surface area contributed by atoms with Crippen molar-refractivity contribution in [2.75, 3.05) is 20.2 Å². The number of alkyl carbamates (subject to hydrolysis) is 1. The van der Waals surface area contributed by atoms with Gasteiger partial charge in [0.15, 0.2) is 0 Å². The fourth-order valence-corrected chi connectivity index (χ4v) is 5.16. The lowest BCUT2D eigenvalue weighted by atomic mass is 10.1. The molecule has 1 aromatic carbocycles. The highest BCUT2D eigenvalue weighted by molar-refractivity contribution is 5.87. The Morgan fingerprint density at radius 1 is 0.973 bits per heavy atom. The van der Waals surface area contributed by atoms with E-state index in [2.05, 4.69) is 25.3 Å². The van der Waals surface area contributed by atoms with Gasteiger partial charge in [0.1, 0.15) is 17.7 Å². The van der Waals surface area contributed by atoms with Crippen molar-refractivity contribution >= 4 is 18.1 Å². The summed E-state index contributed by atoms with van der Waals surface area (Å²) in [6.07, 6.45) is 4.74. The lowest BCUT2D eigenvalue weighted by Gasteiger charge is -2.28. The molecule has 0 unspecified atom stereocenters. The van der Waals surface area contributed by atoms with Crippen molar-refractivity contribution in [1.82, 2.24) is 35.1 Å². The molecule has 3 atom stereocenters. The van der Waals surface area contributed by atoms with Crippen molar-refractivity contribution in [2.24, 2.45) is 0 Å². The molecule has 4 heterocycles. The van der Waals surface area contributed by atoms with E-state index in [4.69, 9.17) is 4.74 Å². The number of likely N-dealkylation sites (tertiary alicyclic amines) is 2. The number of H-pyrrole nitrogens is 2. The standard InChI is InChI=1S/C25H29N7O5/c1-37-24(34)30-20(15-7-3-2-4-8-15)23(33)31-11-5-9-18(31)21-26-13-16(28-21)17-14-27-22(29-17)19-10-6-12-32(19)25(35)36/h2-4,7-8,13-14,18-20H,5-6,9-12H2,1H3,(H,26,28)(H,27,29)(H,30,34)(H,35,36)/t18-,19-,20+/m0/s1. The second kappa shape index (κ2) is 10.3. The third-order valence-corrected chi connectivity index (χ3v) is 6.97. The number of hydrogen-bond acceptors (Lipinski definition) is 6. The highest BCUT2D eigenvalue weighted by Gasteiger charge is 2.37. The van der Waals surface area contributed by atoms with Crippen molar-refractivity contribution in [3.05, 3.63) is 59.9 Å². The Kier molecular flexibility index (Phi) is 6.80. The molecule has 12 nitrogen and oxygen atoms in total. The van der Waals surface area contributed by atoms with Crippen LogP contribution in [-0.2, 0) is 9.53 Å². The number of aromatic nitrogens is 4. The molecule has 3 aromatic rings. The van der Waals surface area contributed by atoms with Crippen LogP contribution in [0.5, 0.6) is 0 Å². The Morgan fingerprint density at radius 2 is 1.54 bits per heavy atom. The van der Waals surface area contributed by atoms with E-state index in [1.54, 1.807) is 29.4 Å². The van der Waals surface area contributed by atoms with E-state index in [1.165, 1.54) is 12.0 Å². The maximum Gasteiger partial charge on any atom is 0.407 e. The smallest absolute Gasteiger partial charge is 0.407 e. The Bertz CT molecular complexity index is 1270. The summed E-state index contributed by atoms with van der Waals surface area (Å²) in [5, 5.41) is 12.1. The number of aromatic amines is 2. The summed E-state index contributed by atoms with van der Waals surface area (Å²) in [5.41, 5.74) is 2.05. The first-order valence-corrected chi connectivity index (χ1v) is 12.3. The highest BCUT2D eigenvalue weighted by atomic mass is 16.5. The molecule has 0 radical (unpaired) electrons. The van der Waals surface area contributed by atoms with Crippen molar-refractivity contribution in [1.29, 1.82) is 0 Å². The maximum absolute atomic E-state index is 13.6. The van der Waals surface area contributed by atoms with Crippen LogP contribution in [0.1, 0.15) is 61.0 Å². The number of carbonyl (C=O) groups excluding carboxylic acids is 2. The van der Waals surface area contributed by atoms with E-state index in [0.717, 1.165) is 25.7 Å². The quantitative estimate of drug-likeness (QED) is 0.398. The second-order valence-corrected chi connectivity index (χ2v) is 9.17. The zero-order valence-corrected chi connectivity index (χ0v) is 20.4. The van der Waals surface area contributed by atoms with Crippen molar-refractivity contribution < 1.29 is 24.2 Å². The monoisotopic (exact) mass is 507 g/mol. The molecule has 12 heteroatoms. The largest absolute Gasteiger partial charge is 0.465 e. The van der Waals surface area contributed by atoms with Crippen LogP contribution in [0.15, 0.2) is 42.7 Å². The number of nitrogens with zero attached hydrogens (tertiary/aromatic N) is 4. The van der Waals surface area contributed by atoms with E-state index in [1.807, 2.05) is 18.2 Å². The molecule has 2 aliphatic rings. The number of benzene rings is 1. The number of amides is 3. The Morgan fingerprint density at radius 3 is 2.11 bits per heavy atom. The molecule has 0 saturated carbocycles. The number of imidazole rings is 2. The summed E-state index contributed by atoms with van der Waals surface area (Å²) in [5.74, 6) is 0.995. The molecule has 37 heavy (non-hydrogen) atoms. The molecule has 4 N–H and O–H groups in total. The number of rotatable bonds is 6. The van der Waals surface area contributed by atoms with E-state index in [9.17, 15) is 19.5 Å². The van der Waals surface area contributed by atoms with Gasteiger partial charge in [-0.1, -0.05) is 30.3 Å². The first-order valence-electron chi connectivity index (χ1n) is 12.3. The van der Waals surface area contributed by atoms with Gasteiger partial charge in [-0.15, -0.1) is 0 Å². The average molecular weight is 508 g/mol. The highest BCUT2D eigenvalue weighted by Crippen LogP contribution is 2.35. The third-order valence-electron chi connectivity index (χ3n) is 6.97. The van der Waals surface area contributed by atoms with E-state index < -0.39 is 18.2 Å². The molecule has 2 aliphatic heterocycles. The number of carboxylic acid groups (broad SMARTS) is 1. The normalized spacial score (nSPS) is 20.1. The zero-order chi connectivity index (χ0) is 25.9. The SMILES string of the molecule is COC(=O)N[C@@H](C(=O)N1CCC[C@H]1c1ncc(-c2cnc([C@@H]3CCCN3C(=O)O)[nH]2)[nH]1)c1ccccc1. The van der Waals surface area contributed by atoms with Gasteiger partial charge in [-0.25, -0.2) is 19.6 Å². The van der Waals surface area contributed by atoms with Gasteiger partial charge in [-0.3, -0.25) is 9.69 Å². The van der Waals surface area contributed by atoms with Gasteiger partial charge in [0.05, 0.1) is 43.0 Å².